The molecule has 0 amide bonds. The van der Waals surface area contributed by atoms with Gasteiger partial charge < -0.3 is 10.1 Å². The van der Waals surface area contributed by atoms with Crippen molar-refractivity contribution in [2.75, 3.05) is 26.8 Å². The molecule has 0 saturated carbocycles. The lowest BCUT2D eigenvalue weighted by molar-refractivity contribution is -0.100. The van der Waals surface area contributed by atoms with Crippen LogP contribution in [0.3, 0.4) is 0 Å². The lowest BCUT2D eigenvalue weighted by Gasteiger charge is -2.29. The summed E-state index contributed by atoms with van der Waals surface area (Å²) in [5, 5.41) is 2.75. The highest BCUT2D eigenvalue weighted by atomic mass is 19.3. The summed E-state index contributed by atoms with van der Waals surface area (Å²) in [6, 6.07) is 0. The monoisotopic (exact) mass is 193 g/mol. The third-order valence-electron chi connectivity index (χ3n) is 2.53. The van der Waals surface area contributed by atoms with Gasteiger partial charge in [0.15, 0.2) is 0 Å². The van der Waals surface area contributed by atoms with Crippen molar-refractivity contribution in [3.05, 3.63) is 0 Å². The Hall–Kier alpha value is -0.220. The number of alkyl halides is 2. The molecule has 0 spiro atoms. The van der Waals surface area contributed by atoms with Gasteiger partial charge in [-0.05, 0) is 19.9 Å². The Bertz CT molecular complexity index is 147. The summed E-state index contributed by atoms with van der Waals surface area (Å²) < 4.78 is 31.9. The van der Waals surface area contributed by atoms with Crippen molar-refractivity contribution in [3.63, 3.8) is 0 Å². The maximum Gasteiger partial charge on any atom is 0.252 e. The maximum absolute atomic E-state index is 13.4. The van der Waals surface area contributed by atoms with Crippen LogP contribution in [0.2, 0.25) is 0 Å². The first kappa shape index (κ1) is 10.9. The summed E-state index contributed by atoms with van der Waals surface area (Å²) in [5.74, 6) is -3.00. The molecule has 0 aliphatic carbocycles. The minimum absolute atomic E-state index is 0.0613. The fourth-order valence-corrected chi connectivity index (χ4v) is 1.62. The first-order valence-electron chi connectivity index (χ1n) is 4.77. The fourth-order valence-electron chi connectivity index (χ4n) is 1.62. The van der Waals surface area contributed by atoms with Crippen LogP contribution in [0.15, 0.2) is 0 Å². The van der Waals surface area contributed by atoms with E-state index in [1.165, 1.54) is 0 Å². The molecule has 0 aromatic heterocycles. The molecule has 2 nitrogen and oxygen atoms in total. The summed E-state index contributed by atoms with van der Waals surface area (Å²) in [6.07, 6.45) is 0.932. The van der Waals surface area contributed by atoms with Gasteiger partial charge in [0.25, 0.3) is 5.92 Å². The van der Waals surface area contributed by atoms with Gasteiger partial charge in [-0.15, -0.1) is 0 Å². The van der Waals surface area contributed by atoms with Crippen molar-refractivity contribution in [2.24, 2.45) is 5.92 Å². The van der Waals surface area contributed by atoms with Gasteiger partial charge >= 0.3 is 0 Å². The van der Waals surface area contributed by atoms with Crippen LogP contribution >= 0.6 is 0 Å². The zero-order valence-corrected chi connectivity index (χ0v) is 7.98. The molecule has 0 atom stereocenters. The molecular weight excluding hydrogens is 176 g/mol. The molecule has 1 fully saturated rings. The fraction of sp³-hybridized carbons (Fsp3) is 1.00. The zero-order valence-electron chi connectivity index (χ0n) is 7.98. The predicted molar refractivity (Wildman–Crippen MR) is 47.0 cm³/mol. The Morgan fingerprint density at radius 1 is 1.38 bits per heavy atom. The Labute approximate surface area is 77.6 Å². The van der Waals surface area contributed by atoms with Crippen LogP contribution in [0.25, 0.3) is 0 Å². The van der Waals surface area contributed by atoms with E-state index in [4.69, 9.17) is 4.74 Å². The normalized spacial score (nSPS) is 20.5. The van der Waals surface area contributed by atoms with Crippen molar-refractivity contribution < 1.29 is 13.5 Å². The van der Waals surface area contributed by atoms with E-state index in [1.807, 2.05) is 0 Å². The molecule has 0 radical (unpaired) electrons. The standard InChI is InChI=1S/C9H17F2NO/c1-12-5-4-9(10,11)8-2-6-13-7-3-8/h8,12H,2-7H2,1H3. The SMILES string of the molecule is CNCCC(F)(F)C1CCOCC1. The number of halogens is 2. The highest BCUT2D eigenvalue weighted by molar-refractivity contribution is 4.79. The average molecular weight is 193 g/mol. The highest BCUT2D eigenvalue weighted by Gasteiger charge is 2.39. The van der Waals surface area contributed by atoms with Crippen LogP contribution < -0.4 is 5.32 Å². The summed E-state index contributed by atoms with van der Waals surface area (Å²) in [7, 11) is 1.69. The van der Waals surface area contributed by atoms with E-state index >= 15 is 0 Å². The minimum atomic E-state index is -2.52. The van der Waals surface area contributed by atoms with E-state index in [-0.39, 0.29) is 6.42 Å². The minimum Gasteiger partial charge on any atom is -0.381 e. The molecule has 4 heteroatoms. The molecule has 1 saturated heterocycles. The molecule has 1 rings (SSSR count). The van der Waals surface area contributed by atoms with Gasteiger partial charge in [-0.3, -0.25) is 0 Å². The average Bonchev–Trinajstić information content (AvgIpc) is 2.16. The molecule has 13 heavy (non-hydrogen) atoms. The smallest absolute Gasteiger partial charge is 0.252 e. The van der Waals surface area contributed by atoms with Gasteiger partial charge in [0, 0.05) is 32.1 Å². The van der Waals surface area contributed by atoms with E-state index in [0.29, 0.717) is 32.6 Å². The lowest BCUT2D eigenvalue weighted by atomic mass is 9.91. The largest absolute Gasteiger partial charge is 0.381 e. The second-order valence-corrected chi connectivity index (χ2v) is 3.50. The second-order valence-electron chi connectivity index (χ2n) is 3.50. The van der Waals surface area contributed by atoms with Gasteiger partial charge in [-0.2, -0.15) is 0 Å². The Kier molecular flexibility index (Phi) is 4.06. The number of ether oxygens (including phenoxy) is 1. The molecule has 0 bridgehead atoms. The number of rotatable bonds is 4. The van der Waals surface area contributed by atoms with Crippen molar-refractivity contribution in [2.45, 2.75) is 25.2 Å². The van der Waals surface area contributed by atoms with Gasteiger partial charge in [0.2, 0.25) is 0 Å². The molecule has 78 valence electrons. The van der Waals surface area contributed by atoms with Gasteiger partial charge in [0.1, 0.15) is 0 Å². The van der Waals surface area contributed by atoms with Crippen molar-refractivity contribution in [1.82, 2.24) is 5.32 Å². The van der Waals surface area contributed by atoms with Crippen LogP contribution in [0.5, 0.6) is 0 Å². The lowest BCUT2D eigenvalue weighted by Crippen LogP contribution is -2.35. The van der Waals surface area contributed by atoms with Gasteiger partial charge in [0.05, 0.1) is 0 Å². The summed E-state index contributed by atoms with van der Waals surface area (Å²) in [6.45, 7) is 1.35. The highest BCUT2D eigenvalue weighted by Crippen LogP contribution is 2.34. The first-order chi connectivity index (χ1) is 6.17. The number of nitrogens with one attached hydrogen (secondary N) is 1. The maximum atomic E-state index is 13.4. The van der Waals surface area contributed by atoms with Crippen molar-refractivity contribution >= 4 is 0 Å². The first-order valence-corrected chi connectivity index (χ1v) is 4.77. The van der Waals surface area contributed by atoms with E-state index in [2.05, 4.69) is 5.32 Å². The van der Waals surface area contributed by atoms with Crippen molar-refractivity contribution in [1.29, 1.82) is 0 Å². The van der Waals surface area contributed by atoms with Crippen LogP contribution in [-0.4, -0.2) is 32.7 Å². The van der Waals surface area contributed by atoms with Gasteiger partial charge in [-0.1, -0.05) is 0 Å². The Morgan fingerprint density at radius 2 is 2.00 bits per heavy atom. The Morgan fingerprint density at radius 3 is 2.54 bits per heavy atom. The third-order valence-corrected chi connectivity index (χ3v) is 2.53. The second kappa shape index (κ2) is 4.86. The molecule has 1 heterocycles. The molecule has 1 aliphatic rings. The molecule has 1 aliphatic heterocycles. The summed E-state index contributed by atoms with van der Waals surface area (Å²) in [4.78, 5) is 0. The summed E-state index contributed by atoms with van der Waals surface area (Å²) >= 11 is 0. The molecular formula is C9H17F2NO. The van der Waals surface area contributed by atoms with E-state index in [1.54, 1.807) is 7.05 Å². The molecule has 1 N–H and O–H groups in total. The Balaban J connectivity index is 2.36. The van der Waals surface area contributed by atoms with E-state index < -0.39 is 11.8 Å². The van der Waals surface area contributed by atoms with Gasteiger partial charge in [-0.25, -0.2) is 8.78 Å². The van der Waals surface area contributed by atoms with Crippen LogP contribution in [0.1, 0.15) is 19.3 Å². The quantitative estimate of drug-likeness (QED) is 0.733. The predicted octanol–water partition coefficient (Wildman–Crippen LogP) is 1.66. The number of hydrogen-bond acceptors (Lipinski definition) is 2. The van der Waals surface area contributed by atoms with Crippen LogP contribution in [0.4, 0.5) is 8.78 Å². The topological polar surface area (TPSA) is 21.3 Å². The van der Waals surface area contributed by atoms with E-state index in [9.17, 15) is 8.78 Å². The zero-order chi connectivity index (χ0) is 9.73. The summed E-state index contributed by atoms with van der Waals surface area (Å²) in [5.41, 5.74) is 0. The number of hydrogen-bond donors (Lipinski definition) is 1. The molecule has 0 unspecified atom stereocenters. The molecule has 0 aromatic carbocycles. The van der Waals surface area contributed by atoms with Crippen molar-refractivity contribution in [3.8, 4) is 0 Å². The van der Waals surface area contributed by atoms with Crippen LogP contribution in [-0.2, 0) is 4.74 Å². The third kappa shape index (κ3) is 3.19. The van der Waals surface area contributed by atoms with Crippen LogP contribution in [0, 0.1) is 5.92 Å². The molecule has 0 aromatic rings. The van der Waals surface area contributed by atoms with E-state index in [0.717, 1.165) is 0 Å².